The number of hydrogen-bond donors (Lipinski definition) is 2. The number of carboxylic acids is 1. The van der Waals surface area contributed by atoms with Crippen molar-refractivity contribution in [2.75, 3.05) is 18.4 Å². The minimum atomic E-state index is -0.873. The first kappa shape index (κ1) is 14.9. The lowest BCUT2D eigenvalue weighted by atomic mass is 9.99. The summed E-state index contributed by atoms with van der Waals surface area (Å²) in [4.78, 5) is 24.6. The van der Waals surface area contributed by atoms with E-state index in [1.54, 1.807) is 18.2 Å². The quantitative estimate of drug-likeness (QED) is 0.880. The van der Waals surface area contributed by atoms with Crippen molar-refractivity contribution in [1.29, 1.82) is 0 Å². The number of likely N-dealkylation sites (tertiary alicyclic amines) is 1. The molecule has 5 nitrogen and oxygen atoms in total. The van der Waals surface area contributed by atoms with Crippen molar-refractivity contribution in [2.45, 2.75) is 6.92 Å². The molecule has 0 saturated carbocycles. The molecule has 108 valence electrons. The van der Waals surface area contributed by atoms with Crippen LogP contribution in [0, 0.1) is 11.8 Å². The summed E-state index contributed by atoms with van der Waals surface area (Å²) >= 11 is 11.7. The second kappa shape index (κ2) is 5.89. The van der Waals surface area contributed by atoms with E-state index in [-0.39, 0.29) is 18.5 Å². The van der Waals surface area contributed by atoms with Gasteiger partial charge in [0.05, 0.1) is 16.0 Å². The third-order valence-electron chi connectivity index (χ3n) is 3.39. The van der Waals surface area contributed by atoms with Gasteiger partial charge in [-0.2, -0.15) is 0 Å². The Labute approximate surface area is 126 Å². The number of nitrogens with zero attached hydrogens (tertiary/aromatic N) is 1. The van der Waals surface area contributed by atoms with Gasteiger partial charge in [-0.3, -0.25) is 4.79 Å². The number of hydrogen-bond acceptors (Lipinski definition) is 2. The molecule has 1 saturated heterocycles. The summed E-state index contributed by atoms with van der Waals surface area (Å²) in [5, 5.41) is 12.5. The van der Waals surface area contributed by atoms with E-state index < -0.39 is 11.9 Å². The number of nitrogens with one attached hydrogen (secondary N) is 1. The molecule has 2 unspecified atom stereocenters. The SMILES string of the molecule is CC1CN(C(=O)Nc2ccc(Cl)c(Cl)c2)CC1C(=O)O. The monoisotopic (exact) mass is 316 g/mol. The maximum absolute atomic E-state index is 12.1. The highest BCUT2D eigenvalue weighted by Gasteiger charge is 2.36. The van der Waals surface area contributed by atoms with Gasteiger partial charge in [0.1, 0.15) is 0 Å². The standard InChI is InChI=1S/C13H14Cl2N2O3/c1-7-5-17(6-9(7)12(18)19)13(20)16-8-2-3-10(14)11(15)4-8/h2-4,7,9H,5-6H2,1H3,(H,16,20)(H,18,19). The fourth-order valence-corrected chi connectivity index (χ4v) is 2.53. The number of carbonyl (C=O) groups excluding carboxylic acids is 1. The Morgan fingerprint density at radius 3 is 2.55 bits per heavy atom. The topological polar surface area (TPSA) is 69.6 Å². The molecule has 2 rings (SSSR count). The summed E-state index contributed by atoms with van der Waals surface area (Å²) in [6.07, 6.45) is 0. The van der Waals surface area contributed by atoms with Gasteiger partial charge in [-0.05, 0) is 24.1 Å². The molecule has 2 amide bonds. The van der Waals surface area contributed by atoms with E-state index in [2.05, 4.69) is 5.32 Å². The minimum absolute atomic E-state index is 0.0629. The largest absolute Gasteiger partial charge is 0.481 e. The highest BCUT2D eigenvalue weighted by Crippen LogP contribution is 2.27. The van der Waals surface area contributed by atoms with Crippen LogP contribution in [0.5, 0.6) is 0 Å². The Kier molecular flexibility index (Phi) is 4.40. The molecule has 0 radical (unpaired) electrons. The number of amides is 2. The van der Waals surface area contributed by atoms with Gasteiger partial charge in [0.25, 0.3) is 0 Å². The summed E-state index contributed by atoms with van der Waals surface area (Å²) in [7, 11) is 0. The molecule has 0 aliphatic carbocycles. The van der Waals surface area contributed by atoms with Gasteiger partial charge in [-0.25, -0.2) is 4.79 Å². The molecule has 7 heteroatoms. The molecular weight excluding hydrogens is 303 g/mol. The van der Waals surface area contributed by atoms with Gasteiger partial charge in [0.2, 0.25) is 0 Å². The van der Waals surface area contributed by atoms with Crippen LogP contribution in [-0.2, 0) is 4.79 Å². The van der Waals surface area contributed by atoms with Crippen LogP contribution in [0.2, 0.25) is 10.0 Å². The van der Waals surface area contributed by atoms with E-state index in [9.17, 15) is 9.59 Å². The second-order valence-electron chi connectivity index (χ2n) is 4.89. The molecule has 0 aromatic heterocycles. The van der Waals surface area contributed by atoms with Crippen LogP contribution in [0.1, 0.15) is 6.92 Å². The average molecular weight is 317 g/mol. The highest BCUT2D eigenvalue weighted by molar-refractivity contribution is 6.42. The summed E-state index contributed by atoms with van der Waals surface area (Å²) in [6, 6.07) is 4.45. The van der Waals surface area contributed by atoms with Gasteiger partial charge in [-0.1, -0.05) is 30.1 Å². The van der Waals surface area contributed by atoms with E-state index in [1.807, 2.05) is 6.92 Å². The summed E-state index contributed by atoms with van der Waals surface area (Å²) in [5.74, 6) is -1.45. The molecule has 1 aromatic carbocycles. The molecule has 2 atom stereocenters. The predicted molar refractivity (Wildman–Crippen MR) is 77.3 cm³/mol. The third kappa shape index (κ3) is 3.16. The van der Waals surface area contributed by atoms with Gasteiger partial charge >= 0.3 is 12.0 Å². The van der Waals surface area contributed by atoms with Crippen molar-refractivity contribution in [3.8, 4) is 0 Å². The Morgan fingerprint density at radius 2 is 2.00 bits per heavy atom. The van der Waals surface area contributed by atoms with Crippen molar-refractivity contribution >= 4 is 40.9 Å². The van der Waals surface area contributed by atoms with Crippen LogP contribution in [-0.4, -0.2) is 35.1 Å². The number of urea groups is 1. The maximum Gasteiger partial charge on any atom is 0.321 e. The molecular formula is C13H14Cl2N2O3. The van der Waals surface area contributed by atoms with E-state index in [0.29, 0.717) is 22.3 Å². The predicted octanol–water partition coefficient (Wildman–Crippen LogP) is 3.18. The van der Waals surface area contributed by atoms with Crippen molar-refractivity contribution < 1.29 is 14.7 Å². The number of anilines is 1. The van der Waals surface area contributed by atoms with E-state index in [1.165, 1.54) is 4.90 Å². The maximum atomic E-state index is 12.1. The van der Waals surface area contributed by atoms with Crippen LogP contribution in [0.25, 0.3) is 0 Å². The molecule has 0 bridgehead atoms. The molecule has 1 aliphatic rings. The first-order valence-electron chi connectivity index (χ1n) is 6.12. The summed E-state index contributed by atoms with van der Waals surface area (Å²) < 4.78 is 0. The van der Waals surface area contributed by atoms with Crippen LogP contribution in [0.3, 0.4) is 0 Å². The number of aliphatic carboxylic acids is 1. The first-order valence-corrected chi connectivity index (χ1v) is 6.88. The Hall–Kier alpha value is -1.46. The zero-order chi connectivity index (χ0) is 14.9. The Balaban J connectivity index is 2.02. The molecule has 0 spiro atoms. The summed E-state index contributed by atoms with van der Waals surface area (Å²) in [6.45, 7) is 2.46. The van der Waals surface area contributed by atoms with Crippen molar-refractivity contribution in [1.82, 2.24) is 4.90 Å². The minimum Gasteiger partial charge on any atom is -0.481 e. The fraction of sp³-hybridized carbons (Fsp3) is 0.385. The highest BCUT2D eigenvalue weighted by atomic mass is 35.5. The number of carbonyl (C=O) groups is 2. The van der Waals surface area contributed by atoms with Gasteiger partial charge in [0, 0.05) is 18.8 Å². The van der Waals surface area contributed by atoms with Crippen molar-refractivity contribution in [3.63, 3.8) is 0 Å². The third-order valence-corrected chi connectivity index (χ3v) is 4.13. The Morgan fingerprint density at radius 1 is 1.30 bits per heavy atom. The normalized spacial score (nSPS) is 21.9. The number of halogens is 2. The Bertz CT molecular complexity index is 550. The average Bonchev–Trinajstić information content (AvgIpc) is 2.76. The molecule has 1 aromatic rings. The zero-order valence-corrected chi connectivity index (χ0v) is 12.3. The summed E-state index contributed by atoms with van der Waals surface area (Å²) in [5.41, 5.74) is 0.524. The lowest BCUT2D eigenvalue weighted by Gasteiger charge is -2.17. The van der Waals surface area contributed by atoms with Gasteiger partial charge in [-0.15, -0.1) is 0 Å². The molecule has 1 heterocycles. The van der Waals surface area contributed by atoms with Crippen LogP contribution >= 0.6 is 23.2 Å². The lowest BCUT2D eigenvalue weighted by Crippen LogP contribution is -2.33. The lowest BCUT2D eigenvalue weighted by molar-refractivity contribution is -0.142. The van der Waals surface area contributed by atoms with Crippen LogP contribution < -0.4 is 5.32 Å². The van der Waals surface area contributed by atoms with Crippen LogP contribution in [0.4, 0.5) is 10.5 Å². The molecule has 1 fully saturated rings. The fourth-order valence-electron chi connectivity index (χ4n) is 2.23. The van der Waals surface area contributed by atoms with Gasteiger partial charge in [0.15, 0.2) is 0 Å². The number of benzene rings is 1. The van der Waals surface area contributed by atoms with Crippen LogP contribution in [0.15, 0.2) is 18.2 Å². The van der Waals surface area contributed by atoms with E-state index >= 15 is 0 Å². The van der Waals surface area contributed by atoms with Gasteiger partial charge < -0.3 is 15.3 Å². The first-order chi connectivity index (χ1) is 9.38. The number of rotatable bonds is 2. The number of carboxylic acid groups (broad SMARTS) is 1. The smallest absolute Gasteiger partial charge is 0.321 e. The van der Waals surface area contributed by atoms with E-state index in [4.69, 9.17) is 28.3 Å². The molecule has 20 heavy (non-hydrogen) atoms. The second-order valence-corrected chi connectivity index (χ2v) is 5.70. The van der Waals surface area contributed by atoms with Crippen molar-refractivity contribution in [3.05, 3.63) is 28.2 Å². The molecule has 2 N–H and O–H groups in total. The van der Waals surface area contributed by atoms with E-state index in [0.717, 1.165) is 0 Å². The molecule has 1 aliphatic heterocycles. The zero-order valence-electron chi connectivity index (χ0n) is 10.8. The van der Waals surface area contributed by atoms with Crippen molar-refractivity contribution in [2.24, 2.45) is 11.8 Å².